The molecule has 0 bridgehead atoms. The summed E-state index contributed by atoms with van der Waals surface area (Å²) in [6.07, 6.45) is 4.37. The molecule has 0 amide bonds. The molecule has 4 rings (SSSR count). The van der Waals surface area contributed by atoms with Crippen LogP contribution >= 0.6 is 0 Å². The smallest absolute Gasteiger partial charge is 0.218 e. The Bertz CT molecular complexity index is 927. The highest BCUT2D eigenvalue weighted by molar-refractivity contribution is 7.88. The molecule has 0 saturated carbocycles. The minimum absolute atomic E-state index is 0.209. The predicted molar refractivity (Wildman–Crippen MR) is 101 cm³/mol. The van der Waals surface area contributed by atoms with Crippen LogP contribution < -0.4 is 4.90 Å². The molecule has 1 fully saturated rings. The van der Waals surface area contributed by atoms with Crippen LogP contribution in [0, 0.1) is 5.82 Å². The van der Waals surface area contributed by atoms with E-state index >= 15 is 0 Å². The Labute approximate surface area is 159 Å². The number of anilines is 1. The molecule has 1 aliphatic carbocycles. The highest BCUT2D eigenvalue weighted by Gasteiger charge is 2.28. The van der Waals surface area contributed by atoms with Gasteiger partial charge < -0.3 is 4.90 Å². The lowest BCUT2D eigenvalue weighted by Crippen LogP contribution is -2.49. The molecule has 0 atom stereocenters. The van der Waals surface area contributed by atoms with Crippen molar-refractivity contribution in [2.24, 2.45) is 0 Å². The molecule has 8 heteroatoms. The minimum atomic E-state index is -3.55. The zero-order chi connectivity index (χ0) is 18.9. The van der Waals surface area contributed by atoms with Gasteiger partial charge in [-0.2, -0.15) is 9.40 Å². The number of aromatic nitrogens is 2. The number of halogens is 1. The minimum Gasteiger partial charge on any atom is -0.352 e. The summed E-state index contributed by atoms with van der Waals surface area (Å²) in [6, 6.07) is 8.12. The first-order valence-corrected chi connectivity index (χ1v) is 11.0. The number of sulfonamides is 1. The van der Waals surface area contributed by atoms with E-state index in [4.69, 9.17) is 0 Å². The monoisotopic (exact) mass is 390 g/mol. The van der Waals surface area contributed by atoms with E-state index in [-0.39, 0.29) is 11.3 Å². The standard InChI is InChI=1S/C19H23FN4O2S/c20-17-7-3-1-6-16(17)14-27(25,26)24-11-9-23(10-12-24)19-13-15-5-2-4-8-18(15)21-22-19/h1,3,6-7,13H,2,4-5,8-12,14H2. The summed E-state index contributed by atoms with van der Waals surface area (Å²) in [7, 11) is -3.55. The maximum atomic E-state index is 13.8. The van der Waals surface area contributed by atoms with Crippen LogP contribution in [0.15, 0.2) is 30.3 Å². The van der Waals surface area contributed by atoms with Gasteiger partial charge in [0.05, 0.1) is 11.4 Å². The quantitative estimate of drug-likeness (QED) is 0.800. The van der Waals surface area contributed by atoms with Crippen LogP contribution in [0.3, 0.4) is 0 Å². The lowest BCUT2D eigenvalue weighted by molar-refractivity contribution is 0.382. The molecule has 1 aromatic carbocycles. The fraction of sp³-hybridized carbons (Fsp3) is 0.474. The number of fused-ring (bicyclic) bond motifs is 1. The van der Waals surface area contributed by atoms with Gasteiger partial charge in [0.15, 0.2) is 5.82 Å². The van der Waals surface area contributed by atoms with Crippen LogP contribution in [0.4, 0.5) is 10.2 Å². The van der Waals surface area contributed by atoms with Crippen molar-refractivity contribution in [1.82, 2.24) is 14.5 Å². The van der Waals surface area contributed by atoms with Crippen molar-refractivity contribution in [3.8, 4) is 0 Å². The van der Waals surface area contributed by atoms with Crippen LogP contribution in [0.2, 0.25) is 0 Å². The van der Waals surface area contributed by atoms with Crippen LogP contribution in [-0.2, 0) is 28.6 Å². The zero-order valence-corrected chi connectivity index (χ0v) is 16.0. The zero-order valence-electron chi connectivity index (χ0n) is 15.1. The van der Waals surface area contributed by atoms with Crippen molar-refractivity contribution in [2.45, 2.75) is 31.4 Å². The first-order valence-electron chi connectivity index (χ1n) is 9.34. The third-order valence-electron chi connectivity index (χ3n) is 5.31. The lowest BCUT2D eigenvalue weighted by atomic mass is 9.97. The Balaban J connectivity index is 1.42. The molecule has 2 heterocycles. The Hall–Kier alpha value is -2.06. The Morgan fingerprint density at radius 2 is 1.74 bits per heavy atom. The van der Waals surface area contributed by atoms with E-state index < -0.39 is 15.8 Å². The van der Waals surface area contributed by atoms with E-state index in [1.807, 2.05) is 0 Å². The molecule has 1 aliphatic heterocycles. The van der Waals surface area contributed by atoms with Crippen molar-refractivity contribution in [3.63, 3.8) is 0 Å². The number of nitrogens with zero attached hydrogens (tertiary/aromatic N) is 4. The second kappa shape index (κ2) is 7.52. The van der Waals surface area contributed by atoms with Crippen LogP contribution in [0.5, 0.6) is 0 Å². The Morgan fingerprint density at radius 1 is 1.00 bits per heavy atom. The summed E-state index contributed by atoms with van der Waals surface area (Å²) >= 11 is 0. The fourth-order valence-corrected chi connectivity index (χ4v) is 5.26. The average molecular weight is 390 g/mol. The summed E-state index contributed by atoms with van der Waals surface area (Å²) in [5.41, 5.74) is 2.57. The molecule has 144 valence electrons. The highest BCUT2D eigenvalue weighted by Crippen LogP contribution is 2.24. The maximum absolute atomic E-state index is 13.8. The van der Waals surface area contributed by atoms with Crippen LogP contribution in [0.1, 0.15) is 29.7 Å². The molecular formula is C19H23FN4O2S. The molecule has 1 saturated heterocycles. The van der Waals surface area contributed by atoms with Gasteiger partial charge in [0.25, 0.3) is 0 Å². The number of piperazine rings is 1. The highest BCUT2D eigenvalue weighted by atomic mass is 32.2. The van der Waals surface area contributed by atoms with E-state index in [0.717, 1.165) is 24.4 Å². The van der Waals surface area contributed by atoms with Crippen LogP contribution in [-0.4, -0.2) is 49.1 Å². The molecule has 0 radical (unpaired) electrons. The van der Waals surface area contributed by atoms with E-state index in [1.54, 1.807) is 12.1 Å². The molecule has 2 aromatic rings. The summed E-state index contributed by atoms with van der Waals surface area (Å²) < 4.78 is 40.6. The average Bonchev–Trinajstić information content (AvgIpc) is 2.69. The predicted octanol–water partition coefficient (Wildman–Crippen LogP) is 2.15. The van der Waals surface area contributed by atoms with E-state index in [2.05, 4.69) is 21.2 Å². The van der Waals surface area contributed by atoms with Gasteiger partial charge in [-0.1, -0.05) is 18.2 Å². The van der Waals surface area contributed by atoms with Crippen molar-refractivity contribution in [1.29, 1.82) is 0 Å². The summed E-state index contributed by atoms with van der Waals surface area (Å²) in [5.74, 6) is 0.0315. The first-order chi connectivity index (χ1) is 13.0. The molecule has 0 spiro atoms. The second-order valence-corrected chi connectivity index (χ2v) is 9.08. The number of hydrogen-bond donors (Lipinski definition) is 0. The third-order valence-corrected chi connectivity index (χ3v) is 7.14. The summed E-state index contributed by atoms with van der Waals surface area (Å²) in [5, 5.41) is 8.70. The van der Waals surface area contributed by atoms with Gasteiger partial charge in [-0.05, 0) is 43.4 Å². The summed E-state index contributed by atoms with van der Waals surface area (Å²) in [4.78, 5) is 2.08. The molecule has 2 aliphatic rings. The Morgan fingerprint density at radius 3 is 2.52 bits per heavy atom. The van der Waals surface area contributed by atoms with Gasteiger partial charge in [-0.3, -0.25) is 0 Å². The van der Waals surface area contributed by atoms with Gasteiger partial charge in [-0.25, -0.2) is 12.8 Å². The molecular weight excluding hydrogens is 367 g/mol. The van der Waals surface area contributed by atoms with Crippen molar-refractivity contribution < 1.29 is 12.8 Å². The first kappa shape index (κ1) is 18.3. The molecule has 0 unspecified atom stereocenters. The van der Waals surface area contributed by atoms with Gasteiger partial charge >= 0.3 is 0 Å². The summed E-state index contributed by atoms with van der Waals surface area (Å²) in [6.45, 7) is 1.86. The van der Waals surface area contributed by atoms with Crippen molar-refractivity contribution in [2.75, 3.05) is 31.1 Å². The number of rotatable bonds is 4. The maximum Gasteiger partial charge on any atom is 0.218 e. The van der Waals surface area contributed by atoms with Gasteiger partial charge in [0, 0.05) is 31.7 Å². The SMILES string of the molecule is O=S(=O)(Cc1ccccc1F)N1CCN(c2cc3c(nn2)CCCC3)CC1. The normalized spacial score (nSPS) is 18.3. The Kier molecular flexibility index (Phi) is 5.10. The van der Waals surface area contributed by atoms with E-state index in [9.17, 15) is 12.8 Å². The third kappa shape index (κ3) is 3.96. The van der Waals surface area contributed by atoms with Gasteiger partial charge in [-0.15, -0.1) is 5.10 Å². The lowest BCUT2D eigenvalue weighted by Gasteiger charge is -2.34. The van der Waals surface area contributed by atoms with Gasteiger partial charge in [0.1, 0.15) is 5.82 Å². The fourth-order valence-electron chi connectivity index (χ4n) is 3.73. The largest absolute Gasteiger partial charge is 0.352 e. The van der Waals surface area contributed by atoms with Crippen molar-refractivity contribution in [3.05, 3.63) is 53.0 Å². The second-order valence-electron chi connectivity index (χ2n) is 7.12. The van der Waals surface area contributed by atoms with Crippen LogP contribution in [0.25, 0.3) is 0 Å². The molecule has 6 nitrogen and oxygen atoms in total. The number of hydrogen-bond acceptors (Lipinski definition) is 5. The molecule has 1 aromatic heterocycles. The molecule has 0 N–H and O–H groups in total. The topological polar surface area (TPSA) is 66.4 Å². The van der Waals surface area contributed by atoms with Gasteiger partial charge in [0.2, 0.25) is 10.0 Å². The number of aryl methyl sites for hydroxylation is 2. The van der Waals surface area contributed by atoms with E-state index in [0.29, 0.717) is 26.2 Å². The van der Waals surface area contributed by atoms with E-state index in [1.165, 1.54) is 34.8 Å². The molecule has 27 heavy (non-hydrogen) atoms. The van der Waals surface area contributed by atoms with Crippen molar-refractivity contribution >= 4 is 15.8 Å². The number of benzene rings is 1.